The van der Waals surface area contributed by atoms with E-state index in [0.29, 0.717) is 32.7 Å². The molecule has 0 unspecified atom stereocenters. The van der Waals surface area contributed by atoms with E-state index in [4.69, 9.17) is 15.3 Å². The van der Waals surface area contributed by atoms with Crippen molar-refractivity contribution in [3.8, 4) is 17.2 Å². The molecule has 3 aromatic carbocycles. The van der Waals surface area contributed by atoms with Gasteiger partial charge in [-0.25, -0.2) is 14.4 Å². The minimum Gasteiger partial charge on any atom is -0.507 e. The van der Waals surface area contributed by atoms with E-state index in [0.717, 1.165) is 13.7 Å². The van der Waals surface area contributed by atoms with Crippen molar-refractivity contribution in [3.05, 3.63) is 91.4 Å². The minimum absolute atomic E-state index is 0. The summed E-state index contributed by atoms with van der Waals surface area (Å²) in [6.45, 7) is 0. The van der Waals surface area contributed by atoms with Crippen molar-refractivity contribution in [2.75, 3.05) is 0 Å². The topological polar surface area (TPSA) is 187 Å². The molecule has 0 amide bonds. The Morgan fingerprint density at radius 3 is 0.925 bits per heavy atom. The van der Waals surface area contributed by atoms with E-state index in [-0.39, 0.29) is 36.7 Å². The van der Waals surface area contributed by atoms with Crippen molar-refractivity contribution in [1.82, 2.24) is 13.7 Å². The molecule has 6 aromatic rings. The molecule has 0 spiro atoms. The zero-order valence-corrected chi connectivity index (χ0v) is 22.0. The number of phenols is 3. The van der Waals surface area contributed by atoms with Gasteiger partial charge in [-0.2, -0.15) is 0 Å². The number of nitrogens with zero attached hydrogens (tertiary/aromatic N) is 3. The molecule has 3 heterocycles. The van der Waals surface area contributed by atoms with Gasteiger partial charge in [0.1, 0.15) is 17.2 Å². The van der Waals surface area contributed by atoms with Crippen LogP contribution in [0.1, 0.15) is 0 Å². The minimum atomic E-state index is -1.06. The van der Waals surface area contributed by atoms with E-state index in [1.54, 1.807) is 54.6 Å². The Morgan fingerprint density at radius 2 is 0.700 bits per heavy atom. The Bertz CT molecular complexity index is 1640. The maximum Gasteiger partial charge on any atom is 0.416 e. The van der Waals surface area contributed by atoms with Crippen LogP contribution in [0.3, 0.4) is 0 Å². The molecule has 13 heteroatoms. The van der Waals surface area contributed by atoms with E-state index in [2.05, 4.69) is 0 Å². The zero-order valence-electron chi connectivity index (χ0n) is 20.3. The van der Waals surface area contributed by atoms with E-state index in [9.17, 15) is 29.7 Å². The molecule has 0 saturated heterocycles. The average Bonchev–Trinajstić information content (AvgIpc) is 3.63. The monoisotopic (exact) mass is 633 g/mol. The number of fused-ring (bicyclic) bond motifs is 3. The van der Waals surface area contributed by atoms with Crippen LogP contribution >= 0.6 is 0 Å². The molecule has 0 saturated carbocycles. The van der Waals surface area contributed by atoms with Gasteiger partial charge in [-0.05, 0) is 54.6 Å². The van der Waals surface area contributed by atoms with Crippen LogP contribution < -0.4 is 0 Å². The molecule has 0 radical (unpaired) electrons. The average molecular weight is 633 g/mol. The Morgan fingerprint density at radius 1 is 0.450 bits per heavy atom. The largest absolute Gasteiger partial charge is 0.507 e. The first-order valence-electron chi connectivity index (χ1n) is 11.2. The Kier molecular flexibility index (Phi) is 8.82. The maximum atomic E-state index is 10.7. The molecule has 40 heavy (non-hydrogen) atoms. The molecule has 0 fully saturated rings. The molecule has 206 valence electrons. The van der Waals surface area contributed by atoms with Crippen molar-refractivity contribution in [3.63, 3.8) is 0 Å². The van der Waals surface area contributed by atoms with Crippen molar-refractivity contribution >= 4 is 51.0 Å². The van der Waals surface area contributed by atoms with Gasteiger partial charge in [0.05, 0.1) is 16.6 Å². The summed E-state index contributed by atoms with van der Waals surface area (Å²) in [7, 11) is 0. The van der Waals surface area contributed by atoms with Gasteiger partial charge in [0.2, 0.25) is 0 Å². The maximum absolute atomic E-state index is 10.7. The van der Waals surface area contributed by atoms with E-state index in [1.807, 2.05) is 0 Å². The molecule has 0 aliphatic heterocycles. The van der Waals surface area contributed by atoms with Crippen molar-refractivity contribution < 1.29 is 64.5 Å². The van der Waals surface area contributed by atoms with Gasteiger partial charge in [0.15, 0.2) is 0 Å². The summed E-state index contributed by atoms with van der Waals surface area (Å²) in [5, 5.41) is 56.0. The van der Waals surface area contributed by atoms with Crippen LogP contribution in [-0.2, 0) is 19.5 Å². The number of aromatic hydroxyl groups is 3. The number of hydrogen-bond acceptors (Lipinski definition) is 6. The molecule has 0 aliphatic carbocycles. The van der Waals surface area contributed by atoms with Crippen LogP contribution in [0.25, 0.3) is 32.7 Å². The third kappa shape index (κ3) is 5.74. The van der Waals surface area contributed by atoms with Gasteiger partial charge < -0.3 is 30.6 Å². The molecule has 0 bridgehead atoms. The van der Waals surface area contributed by atoms with Crippen LogP contribution in [0.4, 0.5) is 14.4 Å². The fourth-order valence-corrected chi connectivity index (χ4v) is 3.95. The van der Waals surface area contributed by atoms with Crippen molar-refractivity contribution in [2.24, 2.45) is 0 Å². The second-order valence-electron chi connectivity index (χ2n) is 8.03. The van der Waals surface area contributed by atoms with E-state index >= 15 is 0 Å². The number of phenolic OH excluding ortho intramolecular Hbond substituents is 3. The summed E-state index contributed by atoms with van der Waals surface area (Å²) in [6.07, 6.45) is 1.06. The Labute approximate surface area is 237 Å². The molecular formula is C27H21N3O9Ru. The van der Waals surface area contributed by atoms with E-state index in [1.165, 1.54) is 36.8 Å². The summed E-state index contributed by atoms with van der Waals surface area (Å²) in [4.78, 5) is 32.0. The number of hydrogen-bond donors (Lipinski definition) is 6. The van der Waals surface area contributed by atoms with Gasteiger partial charge in [-0.3, -0.25) is 13.7 Å². The first kappa shape index (κ1) is 29.3. The summed E-state index contributed by atoms with van der Waals surface area (Å²) in [5.41, 5.74) is 1.48. The normalized spacial score (nSPS) is 10.2. The summed E-state index contributed by atoms with van der Waals surface area (Å²) >= 11 is 0. The number of aromatic nitrogens is 3. The van der Waals surface area contributed by atoms with Gasteiger partial charge >= 0.3 is 18.3 Å². The predicted octanol–water partition coefficient (Wildman–Crippen LogP) is 5.62. The van der Waals surface area contributed by atoms with Crippen LogP contribution in [0, 0.1) is 0 Å². The fourth-order valence-electron chi connectivity index (χ4n) is 3.95. The predicted molar refractivity (Wildman–Crippen MR) is 141 cm³/mol. The molecule has 6 N–H and O–H groups in total. The second kappa shape index (κ2) is 12.1. The quantitative estimate of drug-likeness (QED) is 0.116. The Balaban J connectivity index is 0.000000163. The fraction of sp³-hybridized carbons (Fsp3) is 0. The first-order valence-corrected chi connectivity index (χ1v) is 11.2. The van der Waals surface area contributed by atoms with Crippen LogP contribution in [0.15, 0.2) is 91.4 Å². The smallest absolute Gasteiger partial charge is 0.416 e. The molecule has 12 nitrogen and oxygen atoms in total. The standard InChI is InChI=1S/3C9H7NO3.Ru/c3*11-8-3-1-2-7-6(8)4-5-10(7)9(12)13;/h3*1-5,11H,(H,12,13);. The van der Waals surface area contributed by atoms with Gasteiger partial charge in [-0.1, -0.05) is 18.2 Å². The van der Waals surface area contributed by atoms with Crippen LogP contribution in [-0.4, -0.2) is 62.6 Å². The van der Waals surface area contributed by atoms with Gasteiger partial charge in [0, 0.05) is 54.2 Å². The molecule has 6 rings (SSSR count). The van der Waals surface area contributed by atoms with Crippen LogP contribution in [0.2, 0.25) is 0 Å². The molecule has 0 atom stereocenters. The van der Waals surface area contributed by atoms with Gasteiger partial charge in [-0.15, -0.1) is 0 Å². The SMILES string of the molecule is O=C(O)n1ccc2c(O)cccc21.O=C(O)n1ccc2c(O)cccc21.O=C(O)n1ccc2c(O)cccc21.[Ru]. The van der Waals surface area contributed by atoms with Gasteiger partial charge in [0.25, 0.3) is 0 Å². The van der Waals surface area contributed by atoms with E-state index < -0.39 is 18.3 Å². The third-order valence-corrected chi connectivity index (χ3v) is 5.75. The number of carbonyl (C=O) groups is 3. The third-order valence-electron chi connectivity index (χ3n) is 5.75. The number of carboxylic acid groups (broad SMARTS) is 3. The first-order chi connectivity index (χ1) is 18.6. The molecular weight excluding hydrogens is 611 g/mol. The number of rotatable bonds is 0. The summed E-state index contributed by atoms with van der Waals surface area (Å²) in [6, 6.07) is 19.0. The summed E-state index contributed by atoms with van der Waals surface area (Å²) in [5.74, 6) is 0.285. The molecule has 3 aromatic heterocycles. The second-order valence-corrected chi connectivity index (χ2v) is 8.03. The Hall–Kier alpha value is -5.29. The number of benzene rings is 3. The molecule has 0 aliphatic rings. The van der Waals surface area contributed by atoms with Crippen molar-refractivity contribution in [1.29, 1.82) is 0 Å². The van der Waals surface area contributed by atoms with Crippen molar-refractivity contribution in [2.45, 2.75) is 0 Å². The zero-order chi connectivity index (χ0) is 28.3. The summed E-state index contributed by atoms with van der Waals surface area (Å²) < 4.78 is 3.19. The van der Waals surface area contributed by atoms with Crippen LogP contribution in [0.5, 0.6) is 17.2 Å².